The molecule has 0 unspecified atom stereocenters. The Morgan fingerprint density at radius 1 is 0.814 bits per heavy atom. The Balaban J connectivity index is 1.32. The van der Waals surface area contributed by atoms with Crippen molar-refractivity contribution < 1.29 is 9.53 Å². The molecule has 43 heavy (non-hydrogen) atoms. The molecular weight excluding hydrogens is 528 g/mol. The molecule has 1 fully saturated rings. The number of carbonyl (C=O) groups excluding carboxylic acids is 1. The van der Waals surface area contributed by atoms with Crippen LogP contribution in [0.3, 0.4) is 0 Å². The number of methoxy groups -OCH3 is 1. The average Bonchev–Trinajstić information content (AvgIpc) is 3.06. The number of ether oxygens (including phenoxy) is 1. The molecule has 1 saturated heterocycles. The number of carbonyl (C=O) groups is 1. The van der Waals surface area contributed by atoms with Crippen LogP contribution in [0.1, 0.15) is 60.2 Å². The SMILES string of the molecule is COc1ccc(-c2ccc(CN(C(=O)c3ccc(C#Cc4ccccc4)cc3)C3CCN(CCC(C)C)CC3)cc2)cc1. The number of amides is 1. The number of nitrogens with zero attached hydrogens (tertiary/aromatic N) is 2. The van der Waals surface area contributed by atoms with Crippen LogP contribution in [0.15, 0.2) is 103 Å². The van der Waals surface area contributed by atoms with Crippen molar-refractivity contribution in [2.75, 3.05) is 26.7 Å². The fourth-order valence-corrected chi connectivity index (χ4v) is 5.57. The molecule has 0 aromatic heterocycles. The Hall–Kier alpha value is -4.33. The molecule has 5 rings (SSSR count). The van der Waals surface area contributed by atoms with Gasteiger partial charge < -0.3 is 14.5 Å². The van der Waals surface area contributed by atoms with Gasteiger partial charge in [0.2, 0.25) is 0 Å². The molecule has 4 aromatic carbocycles. The highest BCUT2D eigenvalue weighted by Crippen LogP contribution is 2.26. The number of piperidine rings is 1. The fourth-order valence-electron chi connectivity index (χ4n) is 5.57. The van der Waals surface area contributed by atoms with Crippen LogP contribution in [0.2, 0.25) is 0 Å². The Bertz CT molecular complexity index is 1510. The van der Waals surface area contributed by atoms with Crippen LogP contribution >= 0.6 is 0 Å². The predicted molar refractivity (Wildman–Crippen MR) is 176 cm³/mol. The van der Waals surface area contributed by atoms with E-state index in [0.717, 1.165) is 66.0 Å². The lowest BCUT2D eigenvalue weighted by Crippen LogP contribution is -2.47. The van der Waals surface area contributed by atoms with Gasteiger partial charge in [0.15, 0.2) is 0 Å². The average molecular weight is 571 g/mol. The summed E-state index contributed by atoms with van der Waals surface area (Å²) in [7, 11) is 1.68. The Morgan fingerprint density at radius 3 is 1.98 bits per heavy atom. The number of hydrogen-bond donors (Lipinski definition) is 0. The van der Waals surface area contributed by atoms with Gasteiger partial charge in [-0.15, -0.1) is 0 Å². The summed E-state index contributed by atoms with van der Waals surface area (Å²) in [5.41, 5.74) is 6.02. The van der Waals surface area contributed by atoms with E-state index in [1.165, 1.54) is 6.42 Å². The number of rotatable bonds is 9. The molecule has 0 saturated carbocycles. The Labute approximate surface area is 257 Å². The summed E-state index contributed by atoms with van der Waals surface area (Å²) in [4.78, 5) is 18.7. The molecule has 1 aliphatic heterocycles. The highest BCUT2D eigenvalue weighted by molar-refractivity contribution is 5.94. The third-order valence-electron chi connectivity index (χ3n) is 8.27. The first-order chi connectivity index (χ1) is 21.0. The molecule has 1 amide bonds. The summed E-state index contributed by atoms with van der Waals surface area (Å²) < 4.78 is 5.30. The lowest BCUT2D eigenvalue weighted by atomic mass is 9.99. The van der Waals surface area contributed by atoms with Crippen LogP contribution in [0.4, 0.5) is 0 Å². The summed E-state index contributed by atoms with van der Waals surface area (Å²) >= 11 is 0. The molecule has 0 aliphatic carbocycles. The summed E-state index contributed by atoms with van der Waals surface area (Å²) in [5, 5.41) is 0. The fraction of sp³-hybridized carbons (Fsp3) is 0.308. The second kappa shape index (κ2) is 14.7. The van der Waals surface area contributed by atoms with E-state index >= 15 is 0 Å². The maximum absolute atomic E-state index is 14.0. The Morgan fingerprint density at radius 2 is 1.40 bits per heavy atom. The van der Waals surface area contributed by atoms with Gasteiger partial charge in [0, 0.05) is 42.4 Å². The summed E-state index contributed by atoms with van der Waals surface area (Å²) in [6, 6.07) is 34.7. The van der Waals surface area contributed by atoms with Gasteiger partial charge in [-0.25, -0.2) is 0 Å². The van der Waals surface area contributed by atoms with Crippen LogP contribution in [-0.4, -0.2) is 48.5 Å². The molecule has 4 heteroatoms. The first kappa shape index (κ1) is 30.1. The third-order valence-corrected chi connectivity index (χ3v) is 8.27. The van der Waals surface area contributed by atoms with E-state index < -0.39 is 0 Å². The van der Waals surface area contributed by atoms with Crippen molar-refractivity contribution in [3.8, 4) is 28.7 Å². The zero-order chi connectivity index (χ0) is 30.0. The van der Waals surface area contributed by atoms with Gasteiger partial charge in [0.05, 0.1) is 7.11 Å². The Kier molecular flexibility index (Phi) is 10.3. The number of likely N-dealkylation sites (tertiary alicyclic amines) is 1. The van der Waals surface area contributed by atoms with Crippen LogP contribution < -0.4 is 4.74 Å². The molecule has 1 heterocycles. The van der Waals surface area contributed by atoms with Gasteiger partial charge in [-0.05, 0) is 96.9 Å². The maximum atomic E-state index is 14.0. The van der Waals surface area contributed by atoms with E-state index in [1.807, 2.05) is 66.7 Å². The standard InChI is InChI=1S/C39H42N2O2/c1-30(2)23-26-40-27-24-37(25-28-40)41(29-33-13-15-34(16-14-33)35-19-21-38(43-3)22-20-35)39(42)36-17-11-32(12-18-36)10-9-31-7-5-4-6-8-31/h4-8,11-22,30,37H,23-29H2,1-3H3. The monoisotopic (exact) mass is 570 g/mol. The zero-order valence-electron chi connectivity index (χ0n) is 25.6. The van der Waals surface area contributed by atoms with Gasteiger partial charge in [-0.3, -0.25) is 4.79 Å². The lowest BCUT2D eigenvalue weighted by molar-refractivity contribution is 0.0546. The van der Waals surface area contributed by atoms with E-state index in [9.17, 15) is 4.79 Å². The van der Waals surface area contributed by atoms with E-state index in [2.05, 4.69) is 71.9 Å². The van der Waals surface area contributed by atoms with Crippen molar-refractivity contribution in [1.29, 1.82) is 0 Å². The zero-order valence-corrected chi connectivity index (χ0v) is 25.6. The normalized spacial score (nSPS) is 13.8. The minimum absolute atomic E-state index is 0.0856. The first-order valence-electron chi connectivity index (χ1n) is 15.4. The molecule has 4 aromatic rings. The van der Waals surface area contributed by atoms with Gasteiger partial charge in [0.1, 0.15) is 5.75 Å². The first-order valence-corrected chi connectivity index (χ1v) is 15.4. The number of benzene rings is 4. The summed E-state index contributed by atoms with van der Waals surface area (Å²) in [6.45, 7) is 8.36. The lowest BCUT2D eigenvalue weighted by Gasteiger charge is -2.39. The van der Waals surface area contributed by atoms with Crippen molar-refractivity contribution >= 4 is 5.91 Å². The molecule has 1 aliphatic rings. The second-order valence-electron chi connectivity index (χ2n) is 11.8. The smallest absolute Gasteiger partial charge is 0.254 e. The molecule has 0 atom stereocenters. The number of hydrogen-bond acceptors (Lipinski definition) is 3. The molecule has 0 spiro atoms. The van der Waals surface area contributed by atoms with Gasteiger partial charge in [-0.2, -0.15) is 0 Å². The van der Waals surface area contributed by atoms with E-state index in [4.69, 9.17) is 4.74 Å². The van der Waals surface area contributed by atoms with Crippen LogP contribution in [0.5, 0.6) is 5.75 Å². The molecule has 0 bridgehead atoms. The van der Waals surface area contributed by atoms with E-state index in [1.54, 1.807) is 7.11 Å². The third kappa shape index (κ3) is 8.37. The topological polar surface area (TPSA) is 32.8 Å². The van der Waals surface area contributed by atoms with Crippen molar-refractivity contribution in [2.24, 2.45) is 5.92 Å². The predicted octanol–water partition coefficient (Wildman–Crippen LogP) is 7.91. The summed E-state index contributed by atoms with van der Waals surface area (Å²) in [5.74, 6) is 8.07. The van der Waals surface area contributed by atoms with Crippen LogP contribution in [0.25, 0.3) is 11.1 Å². The van der Waals surface area contributed by atoms with Crippen LogP contribution in [0, 0.1) is 17.8 Å². The summed E-state index contributed by atoms with van der Waals surface area (Å²) in [6.07, 6.45) is 3.20. The van der Waals surface area contributed by atoms with E-state index in [0.29, 0.717) is 18.0 Å². The van der Waals surface area contributed by atoms with Gasteiger partial charge in [-0.1, -0.05) is 80.3 Å². The molecule has 220 valence electrons. The van der Waals surface area contributed by atoms with Gasteiger partial charge >= 0.3 is 0 Å². The highest BCUT2D eigenvalue weighted by atomic mass is 16.5. The minimum atomic E-state index is 0.0856. The van der Waals surface area contributed by atoms with Gasteiger partial charge in [0.25, 0.3) is 5.91 Å². The molecule has 4 nitrogen and oxygen atoms in total. The van der Waals surface area contributed by atoms with E-state index in [-0.39, 0.29) is 11.9 Å². The van der Waals surface area contributed by atoms with Crippen molar-refractivity contribution in [3.05, 3.63) is 125 Å². The quantitative estimate of drug-likeness (QED) is 0.192. The van der Waals surface area contributed by atoms with Crippen molar-refractivity contribution in [2.45, 2.75) is 45.7 Å². The molecule has 0 radical (unpaired) electrons. The van der Waals surface area contributed by atoms with Crippen molar-refractivity contribution in [3.63, 3.8) is 0 Å². The van der Waals surface area contributed by atoms with Crippen LogP contribution in [-0.2, 0) is 6.54 Å². The molecular formula is C39H42N2O2. The highest BCUT2D eigenvalue weighted by Gasteiger charge is 2.29. The molecule has 0 N–H and O–H groups in total. The largest absolute Gasteiger partial charge is 0.497 e. The maximum Gasteiger partial charge on any atom is 0.254 e. The van der Waals surface area contributed by atoms with Crippen molar-refractivity contribution in [1.82, 2.24) is 9.80 Å². The second-order valence-corrected chi connectivity index (χ2v) is 11.8. The minimum Gasteiger partial charge on any atom is -0.497 e.